The van der Waals surface area contributed by atoms with Gasteiger partial charge in [0, 0.05) is 0 Å². The lowest BCUT2D eigenvalue weighted by atomic mass is 10.2. The first-order valence-corrected chi connectivity index (χ1v) is 6.96. The molecule has 5 nitrogen and oxygen atoms in total. The van der Waals surface area contributed by atoms with Gasteiger partial charge in [-0.3, -0.25) is 4.79 Å². The van der Waals surface area contributed by atoms with Crippen LogP contribution < -0.4 is 10.6 Å². The molecule has 0 atom stereocenters. The zero-order valence-electron chi connectivity index (χ0n) is 10.8. The molecule has 2 N–H and O–H groups in total. The van der Waals surface area contributed by atoms with E-state index in [0.29, 0.717) is 16.9 Å². The summed E-state index contributed by atoms with van der Waals surface area (Å²) < 4.78 is 21.7. The summed E-state index contributed by atoms with van der Waals surface area (Å²) in [6.07, 6.45) is 0. The first-order valence-electron chi connectivity index (χ1n) is 6.23. The van der Waals surface area contributed by atoms with Gasteiger partial charge >= 0.3 is 0 Å². The SMILES string of the molecule is O=C(CNc1ccccc1F)Nc1cccc2nsnc12. The number of aromatic nitrogens is 2. The minimum atomic E-state index is -0.392. The van der Waals surface area contributed by atoms with Gasteiger partial charge in [0.05, 0.1) is 29.6 Å². The molecule has 0 saturated heterocycles. The molecule has 7 heteroatoms. The summed E-state index contributed by atoms with van der Waals surface area (Å²) in [6.45, 7) is -0.0329. The number of benzene rings is 2. The van der Waals surface area contributed by atoms with Crippen molar-refractivity contribution in [3.8, 4) is 0 Å². The third-order valence-electron chi connectivity index (χ3n) is 2.87. The van der Waals surface area contributed by atoms with Crippen molar-refractivity contribution in [1.29, 1.82) is 0 Å². The lowest BCUT2D eigenvalue weighted by Gasteiger charge is -2.08. The number of nitrogens with zero attached hydrogens (tertiary/aromatic N) is 2. The molecule has 0 aliphatic heterocycles. The molecule has 0 radical (unpaired) electrons. The number of rotatable bonds is 4. The third-order valence-corrected chi connectivity index (χ3v) is 3.42. The van der Waals surface area contributed by atoms with Gasteiger partial charge in [0.25, 0.3) is 0 Å². The van der Waals surface area contributed by atoms with Crippen molar-refractivity contribution >= 4 is 40.0 Å². The Bertz CT molecular complexity index is 789. The predicted molar refractivity (Wildman–Crippen MR) is 80.9 cm³/mol. The van der Waals surface area contributed by atoms with Gasteiger partial charge in [-0.15, -0.1) is 0 Å². The van der Waals surface area contributed by atoms with Gasteiger partial charge in [-0.05, 0) is 24.3 Å². The molecule has 0 spiro atoms. The van der Waals surface area contributed by atoms with Crippen molar-refractivity contribution < 1.29 is 9.18 Å². The van der Waals surface area contributed by atoms with Crippen LogP contribution in [0.5, 0.6) is 0 Å². The Morgan fingerprint density at radius 2 is 1.90 bits per heavy atom. The highest BCUT2D eigenvalue weighted by Crippen LogP contribution is 2.21. The number of nitrogens with one attached hydrogen (secondary N) is 2. The number of carbonyl (C=O) groups excluding carboxylic acids is 1. The van der Waals surface area contributed by atoms with Crippen LogP contribution in [0.1, 0.15) is 0 Å². The van der Waals surface area contributed by atoms with E-state index >= 15 is 0 Å². The summed E-state index contributed by atoms with van der Waals surface area (Å²) in [4.78, 5) is 11.9. The topological polar surface area (TPSA) is 66.9 Å². The van der Waals surface area contributed by atoms with Crippen LogP contribution in [0.2, 0.25) is 0 Å². The molecule has 21 heavy (non-hydrogen) atoms. The zero-order valence-corrected chi connectivity index (χ0v) is 11.7. The Morgan fingerprint density at radius 1 is 1.10 bits per heavy atom. The molecule has 2 aromatic carbocycles. The van der Waals surface area contributed by atoms with Crippen molar-refractivity contribution in [2.45, 2.75) is 0 Å². The standard InChI is InChI=1S/C14H11FN4OS/c15-9-4-1-2-5-10(9)16-8-13(20)17-11-6-3-7-12-14(11)19-21-18-12/h1-7,16H,8H2,(H,17,20). The van der Waals surface area contributed by atoms with E-state index in [0.717, 1.165) is 17.2 Å². The van der Waals surface area contributed by atoms with Gasteiger partial charge in [-0.2, -0.15) is 8.75 Å². The Balaban J connectivity index is 1.67. The van der Waals surface area contributed by atoms with Gasteiger partial charge in [0.2, 0.25) is 5.91 Å². The van der Waals surface area contributed by atoms with E-state index in [1.807, 2.05) is 6.07 Å². The maximum Gasteiger partial charge on any atom is 0.243 e. The van der Waals surface area contributed by atoms with Gasteiger partial charge in [-0.1, -0.05) is 18.2 Å². The summed E-state index contributed by atoms with van der Waals surface area (Å²) in [5.41, 5.74) is 2.28. The largest absolute Gasteiger partial charge is 0.374 e. The van der Waals surface area contributed by atoms with Crippen LogP contribution in [-0.2, 0) is 4.79 Å². The van der Waals surface area contributed by atoms with Crippen LogP contribution in [0.3, 0.4) is 0 Å². The van der Waals surface area contributed by atoms with Gasteiger partial charge in [0.15, 0.2) is 0 Å². The molecule has 0 saturated carbocycles. The second-order valence-electron chi connectivity index (χ2n) is 4.32. The van der Waals surface area contributed by atoms with Gasteiger partial charge < -0.3 is 10.6 Å². The maximum absolute atomic E-state index is 13.4. The molecule has 0 aliphatic carbocycles. The molecule has 1 amide bonds. The second-order valence-corrected chi connectivity index (χ2v) is 4.85. The van der Waals surface area contributed by atoms with Crippen LogP contribution in [0.4, 0.5) is 15.8 Å². The number of halogens is 1. The first-order chi connectivity index (χ1) is 10.2. The number of hydrogen-bond acceptors (Lipinski definition) is 5. The molecule has 0 aliphatic rings. The lowest BCUT2D eigenvalue weighted by molar-refractivity contribution is -0.114. The number of fused-ring (bicyclic) bond motifs is 1. The average Bonchev–Trinajstić information content (AvgIpc) is 2.96. The quantitative estimate of drug-likeness (QED) is 0.777. The molecule has 3 aromatic rings. The monoisotopic (exact) mass is 302 g/mol. The van der Waals surface area contributed by atoms with Crippen molar-refractivity contribution in [1.82, 2.24) is 8.75 Å². The van der Waals surface area contributed by atoms with Crippen LogP contribution in [0.15, 0.2) is 42.5 Å². The normalized spacial score (nSPS) is 10.5. The number of hydrogen-bond donors (Lipinski definition) is 2. The van der Waals surface area contributed by atoms with E-state index in [4.69, 9.17) is 0 Å². The summed E-state index contributed by atoms with van der Waals surface area (Å²) >= 11 is 1.09. The van der Waals surface area contributed by atoms with Crippen molar-refractivity contribution in [2.24, 2.45) is 0 Å². The van der Waals surface area contributed by atoms with Crippen LogP contribution in [0.25, 0.3) is 11.0 Å². The van der Waals surface area contributed by atoms with Crippen LogP contribution in [0, 0.1) is 5.82 Å². The van der Waals surface area contributed by atoms with Gasteiger partial charge in [0.1, 0.15) is 16.9 Å². The van der Waals surface area contributed by atoms with Crippen molar-refractivity contribution in [3.05, 3.63) is 48.3 Å². The fourth-order valence-corrected chi connectivity index (χ4v) is 2.43. The smallest absolute Gasteiger partial charge is 0.243 e. The minimum Gasteiger partial charge on any atom is -0.374 e. The van der Waals surface area contributed by atoms with E-state index in [1.165, 1.54) is 6.07 Å². The van der Waals surface area contributed by atoms with E-state index in [1.54, 1.807) is 30.3 Å². The molecule has 1 heterocycles. The van der Waals surface area contributed by atoms with Crippen LogP contribution >= 0.6 is 11.7 Å². The van der Waals surface area contributed by atoms with Crippen molar-refractivity contribution in [2.75, 3.05) is 17.2 Å². The molecule has 106 valence electrons. The van der Waals surface area contributed by atoms with E-state index < -0.39 is 5.82 Å². The van der Waals surface area contributed by atoms with E-state index in [2.05, 4.69) is 19.4 Å². The summed E-state index contributed by atoms with van der Waals surface area (Å²) in [5, 5.41) is 5.50. The number of para-hydroxylation sites is 1. The molecule has 1 aromatic heterocycles. The Morgan fingerprint density at radius 3 is 2.76 bits per heavy atom. The van der Waals surface area contributed by atoms with Crippen LogP contribution in [-0.4, -0.2) is 21.2 Å². The minimum absolute atomic E-state index is 0.0329. The molecule has 3 rings (SSSR count). The Labute approximate surface area is 124 Å². The predicted octanol–water partition coefficient (Wildman–Crippen LogP) is 2.88. The summed E-state index contributed by atoms with van der Waals surface area (Å²) in [7, 11) is 0. The van der Waals surface area contributed by atoms with Gasteiger partial charge in [-0.25, -0.2) is 4.39 Å². The molecule has 0 fully saturated rings. The third kappa shape index (κ3) is 2.97. The molecule has 0 unspecified atom stereocenters. The van der Waals surface area contributed by atoms with Crippen molar-refractivity contribution in [3.63, 3.8) is 0 Å². The number of amides is 1. The number of anilines is 2. The lowest BCUT2D eigenvalue weighted by Crippen LogP contribution is -2.22. The molecule has 0 bridgehead atoms. The zero-order chi connectivity index (χ0) is 14.7. The highest BCUT2D eigenvalue weighted by molar-refractivity contribution is 7.00. The Hall–Kier alpha value is -2.54. The highest BCUT2D eigenvalue weighted by Gasteiger charge is 2.09. The average molecular weight is 302 g/mol. The van der Waals surface area contributed by atoms with E-state index in [-0.39, 0.29) is 12.5 Å². The fraction of sp³-hybridized carbons (Fsp3) is 0.0714. The van der Waals surface area contributed by atoms with E-state index in [9.17, 15) is 9.18 Å². The summed E-state index contributed by atoms with van der Waals surface area (Å²) in [6, 6.07) is 11.6. The molecular formula is C14H11FN4OS. The second kappa shape index (κ2) is 5.84. The fourth-order valence-electron chi connectivity index (χ4n) is 1.88. The maximum atomic E-state index is 13.4. The Kier molecular flexibility index (Phi) is 3.74. The molecular weight excluding hydrogens is 291 g/mol. The first kappa shape index (κ1) is 13.4. The highest BCUT2D eigenvalue weighted by atomic mass is 32.1. The summed E-state index contributed by atoms with van der Waals surface area (Å²) in [5.74, 6) is -0.671. The number of carbonyl (C=O) groups is 1.